The van der Waals surface area contributed by atoms with Gasteiger partial charge in [-0.1, -0.05) is 30.0 Å². The highest BCUT2D eigenvalue weighted by molar-refractivity contribution is 8.00. The van der Waals surface area contributed by atoms with Gasteiger partial charge in [0.05, 0.1) is 17.5 Å². The summed E-state index contributed by atoms with van der Waals surface area (Å²) in [4.78, 5) is 25.0. The van der Waals surface area contributed by atoms with Crippen LogP contribution in [0.2, 0.25) is 0 Å². The Morgan fingerprint density at radius 1 is 1.15 bits per heavy atom. The van der Waals surface area contributed by atoms with Crippen molar-refractivity contribution in [2.24, 2.45) is 0 Å². The molecular weight excluding hydrogens is 346 g/mol. The molecule has 0 atom stereocenters. The van der Waals surface area contributed by atoms with Crippen LogP contribution < -0.4 is 0 Å². The highest BCUT2D eigenvalue weighted by Crippen LogP contribution is 2.29. The van der Waals surface area contributed by atoms with E-state index in [0.29, 0.717) is 17.3 Å². The number of aryl methyl sites for hydroxylation is 2. The monoisotopic (exact) mass is 363 g/mol. The molecule has 0 amide bonds. The fourth-order valence-electron chi connectivity index (χ4n) is 2.90. The molecule has 0 saturated heterocycles. The second-order valence-electron chi connectivity index (χ2n) is 6.05. The average Bonchev–Trinajstić information content (AvgIpc) is 3.28. The molecule has 0 aliphatic rings. The molecule has 3 aromatic heterocycles. The summed E-state index contributed by atoms with van der Waals surface area (Å²) in [5, 5.41) is 1.71. The number of furan rings is 1. The summed E-state index contributed by atoms with van der Waals surface area (Å²) < 4.78 is 5.43. The van der Waals surface area contributed by atoms with E-state index in [0.717, 1.165) is 32.9 Å². The Morgan fingerprint density at radius 3 is 2.73 bits per heavy atom. The summed E-state index contributed by atoms with van der Waals surface area (Å²) in [7, 11) is 0. The number of para-hydroxylation sites is 1. The van der Waals surface area contributed by atoms with Crippen LogP contribution in [0.15, 0.2) is 58.2 Å². The second-order valence-corrected chi connectivity index (χ2v) is 7.01. The van der Waals surface area contributed by atoms with Gasteiger partial charge < -0.3 is 9.40 Å². The Kier molecular flexibility index (Phi) is 4.34. The summed E-state index contributed by atoms with van der Waals surface area (Å²) in [5.74, 6) is 1.54. The smallest absolute Gasteiger partial charge is 0.197 e. The molecule has 0 saturated carbocycles. The number of hydrogen-bond acceptors (Lipinski definition) is 5. The Morgan fingerprint density at radius 2 is 2.00 bits per heavy atom. The lowest BCUT2D eigenvalue weighted by molar-refractivity contribution is 0.102. The van der Waals surface area contributed by atoms with Crippen molar-refractivity contribution in [3.63, 3.8) is 0 Å². The van der Waals surface area contributed by atoms with Gasteiger partial charge in [0.1, 0.15) is 5.03 Å². The first kappa shape index (κ1) is 16.6. The maximum absolute atomic E-state index is 12.6. The molecule has 0 unspecified atom stereocenters. The van der Waals surface area contributed by atoms with Crippen molar-refractivity contribution in [3.8, 4) is 11.6 Å². The number of nitrogens with one attached hydrogen (secondary N) is 1. The molecule has 4 aromatic rings. The van der Waals surface area contributed by atoms with Crippen molar-refractivity contribution in [2.75, 3.05) is 5.75 Å². The SMILES string of the molecule is Cc1cc(C(=O)CSc2nc(-c3ccco3)nc3ccccc23)c(C)[nH]1. The van der Waals surface area contributed by atoms with Crippen molar-refractivity contribution in [1.29, 1.82) is 0 Å². The number of hydrogen-bond donors (Lipinski definition) is 1. The summed E-state index contributed by atoms with van der Waals surface area (Å²) in [5.41, 5.74) is 3.46. The summed E-state index contributed by atoms with van der Waals surface area (Å²) in [6.45, 7) is 3.87. The molecule has 1 N–H and O–H groups in total. The number of ketones is 1. The lowest BCUT2D eigenvalue weighted by atomic mass is 10.2. The van der Waals surface area contributed by atoms with Crippen LogP contribution in [0.5, 0.6) is 0 Å². The lowest BCUT2D eigenvalue weighted by Gasteiger charge is -2.07. The van der Waals surface area contributed by atoms with Crippen LogP contribution in [0.1, 0.15) is 21.7 Å². The summed E-state index contributed by atoms with van der Waals surface area (Å²) in [6.07, 6.45) is 1.60. The first-order valence-electron chi connectivity index (χ1n) is 8.24. The van der Waals surface area contributed by atoms with E-state index >= 15 is 0 Å². The zero-order chi connectivity index (χ0) is 18.1. The Bertz CT molecular complexity index is 1080. The van der Waals surface area contributed by atoms with Crippen LogP contribution in [0.25, 0.3) is 22.5 Å². The number of aromatic amines is 1. The number of nitrogens with zero attached hydrogens (tertiary/aromatic N) is 2. The van der Waals surface area contributed by atoms with Crippen molar-refractivity contribution in [3.05, 3.63) is 65.7 Å². The fourth-order valence-corrected chi connectivity index (χ4v) is 3.80. The Balaban J connectivity index is 1.67. The van der Waals surface area contributed by atoms with Crippen LogP contribution in [0.4, 0.5) is 0 Å². The number of H-pyrrole nitrogens is 1. The van der Waals surface area contributed by atoms with Crippen LogP contribution in [-0.4, -0.2) is 26.5 Å². The van der Waals surface area contributed by atoms with E-state index in [9.17, 15) is 4.79 Å². The van der Waals surface area contributed by atoms with Crippen molar-refractivity contribution >= 4 is 28.4 Å². The predicted octanol–water partition coefficient (Wildman–Crippen LogP) is 4.81. The number of aromatic nitrogens is 3. The van der Waals surface area contributed by atoms with Gasteiger partial charge in [0.25, 0.3) is 0 Å². The van der Waals surface area contributed by atoms with Crippen LogP contribution >= 0.6 is 11.8 Å². The zero-order valence-electron chi connectivity index (χ0n) is 14.4. The minimum absolute atomic E-state index is 0.0825. The third-order valence-corrected chi connectivity index (χ3v) is 5.09. The molecule has 26 heavy (non-hydrogen) atoms. The third kappa shape index (κ3) is 3.15. The second kappa shape index (κ2) is 6.80. The van der Waals surface area contributed by atoms with Gasteiger partial charge in [0.15, 0.2) is 17.4 Å². The molecule has 0 spiro atoms. The van der Waals surface area contributed by atoms with Gasteiger partial charge in [-0.25, -0.2) is 9.97 Å². The number of carbonyl (C=O) groups excluding carboxylic acids is 1. The molecule has 130 valence electrons. The number of rotatable bonds is 5. The highest BCUT2D eigenvalue weighted by Gasteiger charge is 2.15. The van der Waals surface area contributed by atoms with Crippen molar-refractivity contribution < 1.29 is 9.21 Å². The minimum Gasteiger partial charge on any atom is -0.461 e. The standard InChI is InChI=1S/C20H17N3O2S/c1-12-10-15(13(2)21-12)17(24)11-26-20-14-6-3-4-7-16(14)22-19(23-20)18-8-5-9-25-18/h3-10,21H,11H2,1-2H3. The molecule has 1 aromatic carbocycles. The molecule has 3 heterocycles. The molecule has 0 radical (unpaired) electrons. The Labute approximate surface area is 154 Å². The largest absolute Gasteiger partial charge is 0.461 e. The maximum atomic E-state index is 12.6. The van der Waals surface area contributed by atoms with Gasteiger partial charge >= 0.3 is 0 Å². The van der Waals surface area contributed by atoms with E-state index in [1.54, 1.807) is 12.3 Å². The Hall–Kier alpha value is -2.86. The van der Waals surface area contributed by atoms with Crippen LogP contribution in [0, 0.1) is 13.8 Å². The maximum Gasteiger partial charge on any atom is 0.197 e. The first-order valence-corrected chi connectivity index (χ1v) is 9.23. The normalized spacial score (nSPS) is 11.2. The molecule has 0 aliphatic carbocycles. The molecular formula is C20H17N3O2S. The predicted molar refractivity (Wildman–Crippen MR) is 103 cm³/mol. The average molecular weight is 363 g/mol. The lowest BCUT2D eigenvalue weighted by Crippen LogP contribution is -2.04. The number of fused-ring (bicyclic) bond motifs is 1. The first-order chi connectivity index (χ1) is 12.6. The minimum atomic E-state index is 0.0825. The van der Waals surface area contributed by atoms with Gasteiger partial charge in [-0.3, -0.25) is 4.79 Å². The number of benzene rings is 1. The van der Waals surface area contributed by atoms with Gasteiger partial charge in [-0.05, 0) is 38.1 Å². The quantitative estimate of drug-likeness (QED) is 0.313. The van der Waals surface area contributed by atoms with Crippen molar-refractivity contribution in [2.45, 2.75) is 18.9 Å². The van der Waals surface area contributed by atoms with Gasteiger partial charge in [0, 0.05) is 22.3 Å². The molecule has 5 nitrogen and oxygen atoms in total. The van der Waals surface area contributed by atoms with Crippen LogP contribution in [-0.2, 0) is 0 Å². The van der Waals surface area contributed by atoms with Crippen LogP contribution in [0.3, 0.4) is 0 Å². The zero-order valence-corrected chi connectivity index (χ0v) is 15.3. The molecule has 4 rings (SSSR count). The highest BCUT2D eigenvalue weighted by atomic mass is 32.2. The van der Waals surface area contributed by atoms with Crippen molar-refractivity contribution in [1.82, 2.24) is 15.0 Å². The number of thioether (sulfide) groups is 1. The fraction of sp³-hybridized carbons (Fsp3) is 0.150. The third-order valence-electron chi connectivity index (χ3n) is 4.10. The number of Topliss-reactive ketones (excluding diaryl/α,β-unsaturated/α-hetero) is 1. The molecule has 0 bridgehead atoms. The van der Waals surface area contributed by atoms with Gasteiger partial charge in [-0.15, -0.1) is 0 Å². The molecule has 0 aliphatic heterocycles. The van der Waals surface area contributed by atoms with E-state index in [4.69, 9.17) is 4.42 Å². The van der Waals surface area contributed by atoms with E-state index in [1.165, 1.54) is 11.8 Å². The number of carbonyl (C=O) groups is 1. The van der Waals surface area contributed by atoms with Gasteiger partial charge in [-0.2, -0.15) is 0 Å². The van der Waals surface area contributed by atoms with Gasteiger partial charge in [0.2, 0.25) is 0 Å². The van der Waals surface area contributed by atoms with E-state index < -0.39 is 0 Å². The van der Waals surface area contributed by atoms with E-state index in [2.05, 4.69) is 15.0 Å². The molecule has 6 heteroatoms. The van der Waals surface area contributed by atoms with E-state index in [1.807, 2.05) is 50.2 Å². The van der Waals surface area contributed by atoms with E-state index in [-0.39, 0.29) is 5.78 Å². The topological polar surface area (TPSA) is 71.8 Å². The summed E-state index contributed by atoms with van der Waals surface area (Å²) in [6, 6.07) is 13.3. The summed E-state index contributed by atoms with van der Waals surface area (Å²) >= 11 is 1.43. The molecule has 0 fully saturated rings.